The van der Waals surface area contributed by atoms with Crippen molar-refractivity contribution in [1.82, 2.24) is 9.88 Å². The summed E-state index contributed by atoms with van der Waals surface area (Å²) in [5, 5.41) is 0.644. The van der Waals surface area contributed by atoms with E-state index in [1.807, 2.05) is 11.0 Å². The fraction of sp³-hybridized carbons (Fsp3) is 0.600. The van der Waals surface area contributed by atoms with E-state index in [9.17, 15) is 4.79 Å². The summed E-state index contributed by atoms with van der Waals surface area (Å²) in [4.78, 5) is 21.7. The lowest BCUT2D eigenvalue weighted by molar-refractivity contribution is -0.137. The molecule has 7 heteroatoms. The summed E-state index contributed by atoms with van der Waals surface area (Å²) in [6, 6.07) is 6.03. The topological polar surface area (TPSA) is 58.8 Å². The van der Waals surface area contributed by atoms with Gasteiger partial charge in [-0.05, 0) is 49.8 Å². The van der Waals surface area contributed by atoms with E-state index >= 15 is 0 Å². The number of ether oxygens (including phenoxy) is 1. The largest absolute Gasteiger partial charge is 0.423 e. The molecule has 0 spiro atoms. The molecule has 3 heterocycles. The maximum absolute atomic E-state index is 13.0. The van der Waals surface area contributed by atoms with Gasteiger partial charge in [-0.2, -0.15) is 4.98 Å². The Morgan fingerprint density at radius 3 is 2.89 bits per heavy atom. The van der Waals surface area contributed by atoms with Crippen LogP contribution in [0, 0.1) is 11.8 Å². The summed E-state index contributed by atoms with van der Waals surface area (Å²) in [5.41, 5.74) is 1.48. The molecule has 146 valence electrons. The van der Waals surface area contributed by atoms with Crippen LogP contribution in [0.15, 0.2) is 22.6 Å². The van der Waals surface area contributed by atoms with Crippen molar-refractivity contribution >= 4 is 34.6 Å². The van der Waals surface area contributed by atoms with Gasteiger partial charge in [0.2, 0.25) is 5.91 Å². The van der Waals surface area contributed by atoms with Gasteiger partial charge >= 0.3 is 0 Å². The molecule has 27 heavy (non-hydrogen) atoms. The van der Waals surface area contributed by atoms with E-state index in [1.54, 1.807) is 19.2 Å². The number of likely N-dealkylation sites (tertiary alicyclic amines) is 1. The fourth-order valence-electron chi connectivity index (χ4n) is 4.19. The quantitative estimate of drug-likeness (QED) is 0.797. The van der Waals surface area contributed by atoms with Crippen molar-refractivity contribution in [3.8, 4) is 0 Å². The molecule has 0 aliphatic carbocycles. The summed E-state index contributed by atoms with van der Waals surface area (Å²) >= 11 is 6.04. The highest BCUT2D eigenvalue weighted by Gasteiger charge is 2.32. The monoisotopic (exact) mass is 391 g/mol. The number of anilines is 1. The van der Waals surface area contributed by atoms with Gasteiger partial charge in [-0.25, -0.2) is 0 Å². The van der Waals surface area contributed by atoms with Crippen molar-refractivity contribution < 1.29 is 13.9 Å². The van der Waals surface area contributed by atoms with Crippen LogP contribution in [0.4, 0.5) is 6.01 Å². The molecule has 2 aliphatic rings. The lowest BCUT2D eigenvalue weighted by atomic mass is 9.93. The number of aromatic nitrogens is 1. The molecule has 2 fully saturated rings. The number of carbonyl (C=O) groups is 1. The molecule has 2 aliphatic heterocycles. The van der Waals surface area contributed by atoms with Crippen molar-refractivity contribution in [2.24, 2.45) is 11.8 Å². The van der Waals surface area contributed by atoms with Gasteiger partial charge < -0.3 is 19.0 Å². The summed E-state index contributed by atoms with van der Waals surface area (Å²) in [5.74, 6) is 0.861. The Labute approximate surface area is 164 Å². The zero-order chi connectivity index (χ0) is 18.8. The summed E-state index contributed by atoms with van der Waals surface area (Å²) in [6.07, 6.45) is 3.96. The molecule has 6 nitrogen and oxygen atoms in total. The van der Waals surface area contributed by atoms with Crippen LogP contribution in [0.3, 0.4) is 0 Å². The van der Waals surface area contributed by atoms with E-state index in [-0.39, 0.29) is 11.8 Å². The predicted molar refractivity (Wildman–Crippen MR) is 105 cm³/mol. The molecule has 1 unspecified atom stereocenters. The first kappa shape index (κ1) is 18.6. The average molecular weight is 392 g/mol. The van der Waals surface area contributed by atoms with E-state index in [2.05, 4.69) is 9.88 Å². The number of halogens is 1. The van der Waals surface area contributed by atoms with E-state index < -0.39 is 0 Å². The first-order chi connectivity index (χ1) is 13.1. The Morgan fingerprint density at radius 1 is 1.30 bits per heavy atom. The number of benzene rings is 1. The summed E-state index contributed by atoms with van der Waals surface area (Å²) < 4.78 is 11.1. The van der Waals surface area contributed by atoms with Crippen molar-refractivity contribution in [3.63, 3.8) is 0 Å². The van der Waals surface area contributed by atoms with Crippen LogP contribution < -0.4 is 4.90 Å². The van der Waals surface area contributed by atoms with Crippen molar-refractivity contribution in [3.05, 3.63) is 23.2 Å². The number of hydrogen-bond acceptors (Lipinski definition) is 5. The van der Waals surface area contributed by atoms with Crippen LogP contribution >= 0.6 is 11.6 Å². The van der Waals surface area contributed by atoms with Gasteiger partial charge in [0, 0.05) is 44.9 Å². The highest BCUT2D eigenvalue weighted by molar-refractivity contribution is 6.31. The molecule has 1 aromatic carbocycles. The molecule has 4 rings (SSSR count). The average Bonchev–Trinajstić information content (AvgIpc) is 3.12. The number of methoxy groups -OCH3 is 1. The Hall–Kier alpha value is -1.79. The third kappa shape index (κ3) is 4.06. The second kappa shape index (κ2) is 8.07. The van der Waals surface area contributed by atoms with Gasteiger partial charge in [-0.15, -0.1) is 0 Å². The number of nitrogens with zero attached hydrogens (tertiary/aromatic N) is 3. The molecule has 2 aromatic rings. The van der Waals surface area contributed by atoms with Crippen LogP contribution in [0.5, 0.6) is 0 Å². The summed E-state index contributed by atoms with van der Waals surface area (Å²) in [7, 11) is 1.74. The lowest BCUT2D eigenvalue weighted by Crippen LogP contribution is -2.47. The van der Waals surface area contributed by atoms with Gasteiger partial charge in [0.15, 0.2) is 5.58 Å². The molecular weight excluding hydrogens is 366 g/mol. The van der Waals surface area contributed by atoms with Gasteiger partial charge in [0.1, 0.15) is 5.52 Å². The third-order valence-electron chi connectivity index (χ3n) is 5.71. The van der Waals surface area contributed by atoms with Crippen LogP contribution in [0.25, 0.3) is 11.1 Å². The van der Waals surface area contributed by atoms with E-state index in [0.29, 0.717) is 23.5 Å². The normalized spacial score (nSPS) is 21.8. The highest BCUT2D eigenvalue weighted by atomic mass is 35.5. The second-order valence-electron chi connectivity index (χ2n) is 7.62. The van der Waals surface area contributed by atoms with Crippen LogP contribution in [-0.4, -0.2) is 55.7 Å². The van der Waals surface area contributed by atoms with E-state index in [4.69, 9.17) is 20.8 Å². The number of amides is 1. The second-order valence-corrected chi connectivity index (χ2v) is 8.05. The number of fused-ring (bicyclic) bond motifs is 1. The maximum Gasteiger partial charge on any atom is 0.298 e. The molecule has 1 aromatic heterocycles. The van der Waals surface area contributed by atoms with Crippen molar-refractivity contribution in [1.29, 1.82) is 0 Å². The van der Waals surface area contributed by atoms with Gasteiger partial charge in [0.25, 0.3) is 6.01 Å². The summed E-state index contributed by atoms with van der Waals surface area (Å²) in [6.45, 7) is 3.99. The van der Waals surface area contributed by atoms with Crippen molar-refractivity contribution in [2.75, 3.05) is 44.8 Å². The van der Waals surface area contributed by atoms with E-state index in [0.717, 1.165) is 63.0 Å². The molecule has 1 amide bonds. The molecule has 0 N–H and O–H groups in total. The zero-order valence-electron chi connectivity index (χ0n) is 15.7. The maximum atomic E-state index is 13.0. The first-order valence-electron chi connectivity index (χ1n) is 9.73. The first-order valence-corrected chi connectivity index (χ1v) is 10.1. The molecule has 1 atom stereocenters. The standard InChI is InChI=1S/C20H26ClN3O3/c1-26-13-14-6-9-23(10-7-14)19(25)15-3-2-8-24(12-15)20-22-17-11-16(21)4-5-18(17)27-20/h4-5,11,14-15H,2-3,6-10,12-13H2,1H3. The van der Waals surface area contributed by atoms with Gasteiger partial charge in [0.05, 0.1) is 5.92 Å². The number of rotatable bonds is 4. The molecule has 0 radical (unpaired) electrons. The number of hydrogen-bond donors (Lipinski definition) is 0. The minimum absolute atomic E-state index is 0.0105. The molecule has 0 saturated carbocycles. The number of piperidine rings is 2. The SMILES string of the molecule is COCC1CCN(C(=O)C2CCCN(c3nc4cc(Cl)ccc4o3)C2)CC1. The molecular formula is C20H26ClN3O3. The fourth-order valence-corrected chi connectivity index (χ4v) is 4.36. The number of carbonyl (C=O) groups excluding carboxylic acids is 1. The Balaban J connectivity index is 1.40. The minimum Gasteiger partial charge on any atom is -0.423 e. The zero-order valence-corrected chi connectivity index (χ0v) is 16.5. The smallest absolute Gasteiger partial charge is 0.298 e. The molecule has 0 bridgehead atoms. The predicted octanol–water partition coefficient (Wildman–Crippen LogP) is 3.58. The number of oxazole rings is 1. The van der Waals surface area contributed by atoms with Crippen molar-refractivity contribution in [2.45, 2.75) is 25.7 Å². The van der Waals surface area contributed by atoms with Gasteiger partial charge in [-0.3, -0.25) is 4.79 Å². The van der Waals surface area contributed by atoms with E-state index in [1.165, 1.54) is 0 Å². The van der Waals surface area contributed by atoms with Crippen LogP contribution in [0.1, 0.15) is 25.7 Å². The Kier molecular flexibility index (Phi) is 5.55. The van der Waals surface area contributed by atoms with Gasteiger partial charge in [-0.1, -0.05) is 11.6 Å². The highest BCUT2D eigenvalue weighted by Crippen LogP contribution is 2.29. The third-order valence-corrected chi connectivity index (χ3v) is 5.94. The lowest BCUT2D eigenvalue weighted by Gasteiger charge is -2.37. The minimum atomic E-state index is 0.0105. The Bertz CT molecular complexity index is 801. The Morgan fingerprint density at radius 2 is 2.11 bits per heavy atom. The molecule has 2 saturated heterocycles. The van der Waals surface area contributed by atoms with Crippen LogP contribution in [-0.2, 0) is 9.53 Å². The van der Waals surface area contributed by atoms with Crippen LogP contribution in [0.2, 0.25) is 5.02 Å².